The Morgan fingerprint density at radius 2 is 2.04 bits per heavy atom. The maximum Gasteiger partial charge on any atom is 0.191 e. The van der Waals surface area contributed by atoms with Gasteiger partial charge in [0.1, 0.15) is 6.10 Å². The van der Waals surface area contributed by atoms with Crippen LogP contribution in [0, 0.1) is 5.82 Å². The van der Waals surface area contributed by atoms with Gasteiger partial charge in [-0.3, -0.25) is 4.99 Å². The summed E-state index contributed by atoms with van der Waals surface area (Å²) < 4.78 is 24.6. The van der Waals surface area contributed by atoms with E-state index in [1.807, 2.05) is 6.92 Å². The highest BCUT2D eigenvalue weighted by Gasteiger charge is 2.08. The number of halogens is 1. The van der Waals surface area contributed by atoms with Gasteiger partial charge in [-0.2, -0.15) is 0 Å². The highest BCUT2D eigenvalue weighted by Crippen LogP contribution is 2.16. The molecule has 1 unspecified atom stereocenters. The summed E-state index contributed by atoms with van der Waals surface area (Å²) in [7, 11) is 1.70. The van der Waals surface area contributed by atoms with Crippen molar-refractivity contribution in [1.82, 2.24) is 10.6 Å². The fourth-order valence-corrected chi connectivity index (χ4v) is 1.85. The van der Waals surface area contributed by atoms with Crippen molar-refractivity contribution in [2.75, 3.05) is 33.4 Å². The number of hydrogen-bond acceptors (Lipinski definition) is 3. The van der Waals surface area contributed by atoms with Gasteiger partial charge in [0.2, 0.25) is 0 Å². The summed E-state index contributed by atoms with van der Waals surface area (Å²) in [5, 5.41) is 6.31. The van der Waals surface area contributed by atoms with Crippen LogP contribution in [0.4, 0.5) is 4.39 Å². The third-order valence-corrected chi connectivity index (χ3v) is 3.13. The first-order valence-corrected chi connectivity index (χ1v) is 8.10. The Bertz CT molecular complexity index is 469. The zero-order chi connectivity index (χ0) is 16.9. The fourth-order valence-electron chi connectivity index (χ4n) is 1.85. The summed E-state index contributed by atoms with van der Waals surface area (Å²) in [5.41, 5.74) is 0. The van der Waals surface area contributed by atoms with Crippen molar-refractivity contribution >= 4 is 5.96 Å². The number of ether oxygens (including phenoxy) is 2. The van der Waals surface area contributed by atoms with Crippen LogP contribution in [-0.4, -0.2) is 45.4 Å². The predicted octanol–water partition coefficient (Wildman–Crippen LogP) is 2.57. The molecule has 0 bridgehead atoms. The standard InChI is InChI=1S/C17H28FN3O2/c1-4-5-11-22-12-10-20-17(19-3)21-13-14(2)23-16-9-7-6-8-15(16)18/h6-9,14H,4-5,10-13H2,1-3H3,(H2,19,20,21). The van der Waals surface area contributed by atoms with E-state index in [0.29, 0.717) is 25.7 Å². The van der Waals surface area contributed by atoms with E-state index in [1.165, 1.54) is 6.07 Å². The number of rotatable bonds is 10. The van der Waals surface area contributed by atoms with Crippen molar-refractivity contribution in [2.24, 2.45) is 4.99 Å². The van der Waals surface area contributed by atoms with E-state index in [1.54, 1.807) is 25.2 Å². The second kappa shape index (κ2) is 11.7. The first-order chi connectivity index (χ1) is 11.2. The second-order valence-electron chi connectivity index (χ2n) is 5.20. The van der Waals surface area contributed by atoms with Crippen molar-refractivity contribution < 1.29 is 13.9 Å². The molecule has 0 aliphatic rings. The highest BCUT2D eigenvalue weighted by molar-refractivity contribution is 5.79. The molecule has 1 atom stereocenters. The molecule has 0 saturated heterocycles. The lowest BCUT2D eigenvalue weighted by Crippen LogP contribution is -2.42. The molecule has 1 aromatic carbocycles. The van der Waals surface area contributed by atoms with Crippen LogP contribution in [0.5, 0.6) is 5.75 Å². The number of aliphatic imine (C=N–C) groups is 1. The third-order valence-electron chi connectivity index (χ3n) is 3.13. The molecule has 0 aromatic heterocycles. The summed E-state index contributed by atoms with van der Waals surface area (Å²) in [6.45, 7) is 6.65. The summed E-state index contributed by atoms with van der Waals surface area (Å²) >= 11 is 0. The molecule has 0 radical (unpaired) electrons. The normalized spacial score (nSPS) is 12.8. The Hall–Kier alpha value is -1.82. The summed E-state index contributed by atoms with van der Waals surface area (Å²) in [6, 6.07) is 6.39. The first-order valence-electron chi connectivity index (χ1n) is 8.10. The third kappa shape index (κ3) is 8.40. The minimum Gasteiger partial charge on any atom is -0.486 e. The number of guanidine groups is 1. The average molecular weight is 325 g/mol. The van der Waals surface area contributed by atoms with Gasteiger partial charge in [-0.25, -0.2) is 4.39 Å². The van der Waals surface area contributed by atoms with Gasteiger partial charge in [-0.15, -0.1) is 0 Å². The molecule has 2 N–H and O–H groups in total. The number of benzene rings is 1. The lowest BCUT2D eigenvalue weighted by atomic mass is 10.3. The largest absolute Gasteiger partial charge is 0.486 e. The molecule has 1 aromatic rings. The van der Waals surface area contributed by atoms with Crippen LogP contribution in [0.2, 0.25) is 0 Å². The molecule has 0 saturated carbocycles. The van der Waals surface area contributed by atoms with Gasteiger partial charge in [-0.1, -0.05) is 25.5 Å². The quantitative estimate of drug-likeness (QED) is 0.394. The molecular weight excluding hydrogens is 297 g/mol. The van der Waals surface area contributed by atoms with Gasteiger partial charge >= 0.3 is 0 Å². The smallest absolute Gasteiger partial charge is 0.191 e. The van der Waals surface area contributed by atoms with Crippen LogP contribution < -0.4 is 15.4 Å². The van der Waals surface area contributed by atoms with Crippen molar-refractivity contribution in [1.29, 1.82) is 0 Å². The van der Waals surface area contributed by atoms with Gasteiger partial charge in [0.05, 0.1) is 13.2 Å². The van der Waals surface area contributed by atoms with Crippen LogP contribution in [0.1, 0.15) is 26.7 Å². The zero-order valence-electron chi connectivity index (χ0n) is 14.3. The minimum atomic E-state index is -0.355. The Kier molecular flexibility index (Phi) is 9.79. The lowest BCUT2D eigenvalue weighted by Gasteiger charge is -2.18. The Morgan fingerprint density at radius 3 is 2.74 bits per heavy atom. The molecule has 0 spiro atoms. The second-order valence-corrected chi connectivity index (χ2v) is 5.20. The Balaban J connectivity index is 2.22. The Morgan fingerprint density at radius 1 is 1.26 bits per heavy atom. The molecule has 23 heavy (non-hydrogen) atoms. The number of nitrogens with zero attached hydrogens (tertiary/aromatic N) is 1. The van der Waals surface area contributed by atoms with E-state index in [4.69, 9.17) is 9.47 Å². The van der Waals surface area contributed by atoms with Crippen LogP contribution in [0.15, 0.2) is 29.3 Å². The predicted molar refractivity (Wildman–Crippen MR) is 91.6 cm³/mol. The molecule has 6 heteroatoms. The molecular formula is C17H28FN3O2. The number of hydrogen-bond donors (Lipinski definition) is 2. The van der Waals surface area contributed by atoms with Gasteiger partial charge < -0.3 is 20.1 Å². The Labute approximate surface area is 138 Å². The maximum absolute atomic E-state index is 13.5. The summed E-state index contributed by atoms with van der Waals surface area (Å²) in [6.07, 6.45) is 2.03. The van der Waals surface area contributed by atoms with E-state index in [-0.39, 0.29) is 17.7 Å². The van der Waals surface area contributed by atoms with Gasteiger partial charge in [0.25, 0.3) is 0 Å². The van der Waals surface area contributed by atoms with E-state index in [9.17, 15) is 4.39 Å². The van der Waals surface area contributed by atoms with Crippen LogP contribution in [-0.2, 0) is 4.74 Å². The first kappa shape index (κ1) is 19.2. The summed E-state index contributed by atoms with van der Waals surface area (Å²) in [4.78, 5) is 4.13. The molecule has 0 aliphatic carbocycles. The van der Waals surface area contributed by atoms with E-state index in [2.05, 4.69) is 22.5 Å². The van der Waals surface area contributed by atoms with Crippen molar-refractivity contribution in [3.05, 3.63) is 30.1 Å². The zero-order valence-corrected chi connectivity index (χ0v) is 14.3. The van der Waals surface area contributed by atoms with Gasteiger partial charge in [-0.05, 0) is 25.5 Å². The van der Waals surface area contributed by atoms with Crippen LogP contribution >= 0.6 is 0 Å². The molecule has 5 nitrogen and oxygen atoms in total. The van der Waals surface area contributed by atoms with Crippen LogP contribution in [0.3, 0.4) is 0 Å². The molecule has 130 valence electrons. The maximum atomic E-state index is 13.5. The molecule has 0 aliphatic heterocycles. The molecule has 1 rings (SSSR count). The number of unbranched alkanes of at least 4 members (excludes halogenated alkanes) is 1. The topological polar surface area (TPSA) is 54.9 Å². The van der Waals surface area contributed by atoms with Crippen LogP contribution in [0.25, 0.3) is 0 Å². The average Bonchev–Trinajstić information content (AvgIpc) is 2.55. The molecule has 0 heterocycles. The highest BCUT2D eigenvalue weighted by atomic mass is 19.1. The van der Waals surface area contributed by atoms with Crippen molar-refractivity contribution in [3.63, 3.8) is 0 Å². The molecule has 0 fully saturated rings. The SMILES string of the molecule is CCCCOCCNC(=NC)NCC(C)Oc1ccccc1F. The van der Waals surface area contributed by atoms with Crippen molar-refractivity contribution in [2.45, 2.75) is 32.8 Å². The van der Waals surface area contributed by atoms with E-state index in [0.717, 1.165) is 19.4 Å². The van der Waals surface area contributed by atoms with Gasteiger partial charge in [0, 0.05) is 20.2 Å². The number of nitrogens with one attached hydrogen (secondary N) is 2. The lowest BCUT2D eigenvalue weighted by molar-refractivity contribution is 0.135. The van der Waals surface area contributed by atoms with Gasteiger partial charge in [0.15, 0.2) is 17.5 Å². The summed E-state index contributed by atoms with van der Waals surface area (Å²) in [5.74, 6) is 0.577. The van der Waals surface area contributed by atoms with Crippen molar-refractivity contribution in [3.8, 4) is 5.75 Å². The fraction of sp³-hybridized carbons (Fsp3) is 0.588. The number of para-hydroxylation sites is 1. The minimum absolute atomic E-state index is 0.189. The molecule has 0 amide bonds. The van der Waals surface area contributed by atoms with E-state index >= 15 is 0 Å². The van der Waals surface area contributed by atoms with E-state index < -0.39 is 0 Å². The monoisotopic (exact) mass is 325 g/mol.